The fraction of sp³-hybridized carbons (Fsp3) is 0.280. The molecule has 0 saturated carbocycles. The van der Waals surface area contributed by atoms with Crippen molar-refractivity contribution in [2.45, 2.75) is 19.4 Å². The fourth-order valence-corrected chi connectivity index (χ4v) is 4.19. The lowest BCUT2D eigenvalue weighted by Crippen LogP contribution is -2.33. The fourth-order valence-electron chi connectivity index (χ4n) is 3.77. The van der Waals surface area contributed by atoms with E-state index in [0.717, 1.165) is 0 Å². The van der Waals surface area contributed by atoms with Crippen molar-refractivity contribution in [2.75, 3.05) is 37.5 Å². The minimum absolute atomic E-state index is 0.0219. The Morgan fingerprint density at radius 3 is 2.78 bits per heavy atom. The number of phosphoric ester groups is 1. The zero-order valence-electron chi connectivity index (χ0n) is 22.1. The smallest absolute Gasteiger partial charge is 0.469 e. The van der Waals surface area contributed by atoms with Crippen LogP contribution >= 0.6 is 7.82 Å². The molecule has 4 aromatic rings. The molecule has 0 aliphatic carbocycles. The molecule has 0 aliphatic rings. The Hall–Kier alpha value is -4.14. The van der Waals surface area contributed by atoms with Gasteiger partial charge < -0.3 is 35.2 Å². The molecule has 0 spiro atoms. The van der Waals surface area contributed by atoms with E-state index in [1.54, 1.807) is 31.2 Å². The summed E-state index contributed by atoms with van der Waals surface area (Å²) in [6, 6.07) is 10.3. The molecule has 41 heavy (non-hydrogen) atoms. The average Bonchev–Trinajstić information content (AvgIpc) is 3.35. The molecule has 0 radical (unpaired) electrons. The Morgan fingerprint density at radius 1 is 1.20 bits per heavy atom. The molecule has 2 heterocycles. The lowest BCUT2D eigenvalue weighted by atomic mass is 10.2. The molecule has 218 valence electrons. The van der Waals surface area contributed by atoms with Gasteiger partial charge in [-0.25, -0.2) is 18.9 Å². The number of halogens is 1. The first kappa shape index (κ1) is 29.8. The molecule has 0 aliphatic heterocycles. The second-order valence-corrected chi connectivity index (χ2v) is 10.1. The van der Waals surface area contributed by atoms with Crippen molar-refractivity contribution in [3.8, 4) is 11.5 Å². The molecule has 0 bridgehead atoms. The number of nitrogens with zero attached hydrogens (tertiary/aromatic N) is 3. The average molecular weight is 590 g/mol. The number of hydrogen-bond donors (Lipinski definition) is 6. The van der Waals surface area contributed by atoms with Crippen molar-refractivity contribution in [1.29, 1.82) is 0 Å². The van der Waals surface area contributed by atoms with E-state index in [-0.39, 0.29) is 31.6 Å². The number of rotatable bonds is 14. The van der Waals surface area contributed by atoms with Gasteiger partial charge in [-0.3, -0.25) is 14.4 Å². The van der Waals surface area contributed by atoms with Gasteiger partial charge in [-0.1, -0.05) is 6.07 Å². The van der Waals surface area contributed by atoms with E-state index in [0.29, 0.717) is 52.0 Å². The van der Waals surface area contributed by atoms with Crippen LogP contribution in [-0.4, -0.2) is 68.8 Å². The molecule has 1 amide bonds. The van der Waals surface area contributed by atoms with Gasteiger partial charge in [0.2, 0.25) is 5.91 Å². The van der Waals surface area contributed by atoms with Crippen LogP contribution in [0.4, 0.5) is 21.7 Å². The maximum Gasteiger partial charge on any atom is 0.469 e. The third kappa shape index (κ3) is 8.93. The van der Waals surface area contributed by atoms with Crippen molar-refractivity contribution in [3.63, 3.8) is 0 Å². The number of amides is 1. The van der Waals surface area contributed by atoms with Crippen molar-refractivity contribution >= 4 is 42.0 Å². The number of phosphoric acid groups is 1. The van der Waals surface area contributed by atoms with Crippen LogP contribution in [0.2, 0.25) is 0 Å². The normalized spacial score (nSPS) is 12.2. The molecule has 2 aromatic heterocycles. The predicted octanol–water partition coefficient (Wildman–Crippen LogP) is 2.89. The van der Waals surface area contributed by atoms with Crippen LogP contribution in [0.5, 0.6) is 11.5 Å². The summed E-state index contributed by atoms with van der Waals surface area (Å²) in [5.74, 6) is 0.922. The highest BCUT2D eigenvalue weighted by atomic mass is 31.2. The minimum atomic E-state index is -4.55. The first-order valence-electron chi connectivity index (χ1n) is 12.4. The van der Waals surface area contributed by atoms with Crippen molar-refractivity contribution in [1.82, 2.24) is 25.5 Å². The number of aromatic amines is 1. The van der Waals surface area contributed by atoms with E-state index < -0.39 is 13.6 Å². The number of nitrogens with one attached hydrogen (secondary N) is 4. The van der Waals surface area contributed by atoms with Gasteiger partial charge in [-0.15, -0.1) is 0 Å². The molecule has 6 N–H and O–H groups in total. The van der Waals surface area contributed by atoms with Gasteiger partial charge in [0.15, 0.2) is 5.82 Å². The number of fused-ring (bicyclic) bond motifs is 1. The SMILES string of the molecule is COc1cc(OCCN[C@@H](C)COP(=O)(O)O)c2c(Nc3cc(CC(=O)Nc4cccc(F)c4)[nH]n3)ncnc2c1. The Bertz CT molecular complexity index is 1550. The number of methoxy groups -OCH3 is 1. The molecule has 1 atom stereocenters. The summed E-state index contributed by atoms with van der Waals surface area (Å²) in [5.41, 5.74) is 1.40. The van der Waals surface area contributed by atoms with Crippen molar-refractivity contribution < 1.29 is 37.5 Å². The molecular weight excluding hydrogens is 560 g/mol. The predicted molar refractivity (Wildman–Crippen MR) is 148 cm³/mol. The second-order valence-electron chi connectivity index (χ2n) is 8.87. The number of ether oxygens (including phenoxy) is 2. The van der Waals surface area contributed by atoms with Crippen LogP contribution in [-0.2, 0) is 20.3 Å². The summed E-state index contributed by atoms with van der Waals surface area (Å²) < 4.78 is 40.1. The Balaban J connectivity index is 1.43. The summed E-state index contributed by atoms with van der Waals surface area (Å²) in [6.07, 6.45) is 1.35. The molecule has 14 nitrogen and oxygen atoms in total. The second kappa shape index (κ2) is 13.5. The number of H-pyrrole nitrogens is 1. The van der Waals surface area contributed by atoms with Gasteiger partial charge in [0, 0.05) is 42.2 Å². The van der Waals surface area contributed by atoms with Crippen LogP contribution in [0, 0.1) is 5.82 Å². The van der Waals surface area contributed by atoms with Crippen molar-refractivity contribution in [2.24, 2.45) is 0 Å². The van der Waals surface area contributed by atoms with E-state index >= 15 is 0 Å². The zero-order valence-corrected chi connectivity index (χ0v) is 23.0. The number of carbonyl (C=O) groups excluding carboxylic acids is 1. The lowest BCUT2D eigenvalue weighted by Gasteiger charge is -2.16. The third-order valence-corrected chi connectivity index (χ3v) is 6.08. The van der Waals surface area contributed by atoms with E-state index in [9.17, 15) is 13.8 Å². The van der Waals surface area contributed by atoms with Crippen LogP contribution in [0.3, 0.4) is 0 Å². The maximum absolute atomic E-state index is 13.4. The zero-order chi connectivity index (χ0) is 29.4. The third-order valence-electron chi connectivity index (χ3n) is 5.59. The summed E-state index contributed by atoms with van der Waals surface area (Å²) in [7, 11) is -3.03. The summed E-state index contributed by atoms with van der Waals surface area (Å²) in [6.45, 7) is 2.09. The van der Waals surface area contributed by atoms with Gasteiger partial charge in [0.1, 0.15) is 36.1 Å². The van der Waals surface area contributed by atoms with E-state index in [1.807, 2.05) is 0 Å². The van der Waals surface area contributed by atoms with Gasteiger partial charge in [0.05, 0.1) is 31.0 Å². The minimum Gasteiger partial charge on any atom is -0.497 e. The quantitative estimate of drug-likeness (QED) is 0.0932. The number of hydrogen-bond acceptors (Lipinski definition) is 10. The van der Waals surface area contributed by atoms with Crippen molar-refractivity contribution in [3.05, 3.63) is 60.3 Å². The number of anilines is 3. The molecule has 0 fully saturated rings. The van der Waals surface area contributed by atoms with E-state index in [4.69, 9.17) is 19.3 Å². The molecule has 2 aromatic carbocycles. The Morgan fingerprint density at radius 2 is 2.02 bits per heavy atom. The van der Waals surface area contributed by atoms with Gasteiger partial charge in [-0.05, 0) is 25.1 Å². The highest BCUT2D eigenvalue weighted by Gasteiger charge is 2.17. The summed E-state index contributed by atoms with van der Waals surface area (Å²) >= 11 is 0. The Labute approximate surface area is 233 Å². The maximum atomic E-state index is 13.4. The molecule has 4 rings (SSSR count). The number of carbonyl (C=O) groups is 1. The lowest BCUT2D eigenvalue weighted by molar-refractivity contribution is -0.115. The van der Waals surface area contributed by atoms with Crippen LogP contribution < -0.4 is 25.4 Å². The molecule has 16 heteroatoms. The first-order chi connectivity index (χ1) is 19.6. The van der Waals surface area contributed by atoms with Crippen LogP contribution in [0.1, 0.15) is 12.6 Å². The van der Waals surface area contributed by atoms with E-state index in [1.165, 1.54) is 31.6 Å². The first-order valence-corrected chi connectivity index (χ1v) is 13.9. The number of aromatic nitrogens is 4. The van der Waals surface area contributed by atoms with Gasteiger partial charge >= 0.3 is 7.82 Å². The standard InChI is InChI=1S/C25H29FN7O7P/c1-15(13-40-41(35,36)37)27-6-7-39-21-12-19(38-2)11-20-24(21)25(29-14-28-20)31-22-9-18(32-33-22)10-23(34)30-17-5-3-4-16(26)8-17/h3-5,8-9,11-12,14-15,27H,6-7,10,13H2,1-2H3,(H,30,34)(H2,35,36,37)(H2,28,29,31,32,33)/t15-/m0/s1. The molecule has 0 saturated heterocycles. The summed E-state index contributed by atoms with van der Waals surface area (Å²) in [4.78, 5) is 38.7. The van der Waals surface area contributed by atoms with Crippen LogP contribution in [0.25, 0.3) is 10.9 Å². The number of benzene rings is 2. The monoisotopic (exact) mass is 589 g/mol. The molecule has 0 unspecified atom stereocenters. The van der Waals surface area contributed by atoms with E-state index in [2.05, 4.69) is 40.6 Å². The molecular formula is C25H29FN7O7P. The summed E-state index contributed by atoms with van der Waals surface area (Å²) in [5, 5.41) is 16.4. The largest absolute Gasteiger partial charge is 0.497 e. The Kier molecular flexibility index (Phi) is 9.81. The highest BCUT2D eigenvalue weighted by Crippen LogP contribution is 2.36. The van der Waals surface area contributed by atoms with Gasteiger partial charge in [-0.2, -0.15) is 5.10 Å². The topological polar surface area (TPSA) is 193 Å². The van der Waals surface area contributed by atoms with Crippen LogP contribution in [0.15, 0.2) is 48.8 Å². The highest BCUT2D eigenvalue weighted by molar-refractivity contribution is 7.46. The van der Waals surface area contributed by atoms with Gasteiger partial charge in [0.25, 0.3) is 0 Å².